The molecule has 1 heterocycles. The third-order valence-electron chi connectivity index (χ3n) is 3.23. The van der Waals surface area contributed by atoms with Gasteiger partial charge in [0.1, 0.15) is 5.76 Å². The standard InChI is InChI=1S/C15H18N2O3/c1-12(8-9-14-6-4-10-20-14)16-11-13-5-2-3-7-15(13)17(18)19/h2-7,10,12,16H,8-9,11H2,1H3. The van der Waals surface area contributed by atoms with Crippen molar-refractivity contribution in [2.45, 2.75) is 32.4 Å². The van der Waals surface area contributed by atoms with Gasteiger partial charge in [0.25, 0.3) is 5.69 Å². The molecule has 5 heteroatoms. The van der Waals surface area contributed by atoms with Gasteiger partial charge in [0.2, 0.25) is 0 Å². The van der Waals surface area contributed by atoms with Gasteiger partial charge in [-0.25, -0.2) is 0 Å². The molecule has 0 saturated carbocycles. The van der Waals surface area contributed by atoms with E-state index in [1.807, 2.05) is 18.2 Å². The van der Waals surface area contributed by atoms with Crippen LogP contribution in [0.3, 0.4) is 0 Å². The van der Waals surface area contributed by atoms with Crippen molar-refractivity contribution in [1.29, 1.82) is 0 Å². The van der Waals surface area contributed by atoms with Gasteiger partial charge >= 0.3 is 0 Å². The van der Waals surface area contributed by atoms with Gasteiger partial charge in [-0.05, 0) is 25.5 Å². The van der Waals surface area contributed by atoms with Crippen LogP contribution < -0.4 is 5.32 Å². The van der Waals surface area contributed by atoms with Crippen molar-refractivity contribution >= 4 is 5.69 Å². The molecule has 1 atom stereocenters. The number of benzene rings is 1. The molecule has 0 bridgehead atoms. The van der Waals surface area contributed by atoms with Crippen molar-refractivity contribution in [3.05, 3.63) is 64.1 Å². The van der Waals surface area contributed by atoms with Gasteiger partial charge in [-0.2, -0.15) is 0 Å². The van der Waals surface area contributed by atoms with E-state index in [0.29, 0.717) is 12.1 Å². The Morgan fingerprint density at radius 3 is 2.80 bits per heavy atom. The van der Waals surface area contributed by atoms with Crippen molar-refractivity contribution < 1.29 is 9.34 Å². The van der Waals surface area contributed by atoms with Gasteiger partial charge in [-0.3, -0.25) is 10.1 Å². The Hall–Kier alpha value is -2.14. The van der Waals surface area contributed by atoms with Crippen LogP contribution in [0, 0.1) is 10.1 Å². The monoisotopic (exact) mass is 274 g/mol. The fourth-order valence-electron chi connectivity index (χ4n) is 2.04. The molecule has 2 rings (SSSR count). The minimum absolute atomic E-state index is 0.165. The molecule has 1 aromatic heterocycles. The molecular weight excluding hydrogens is 256 g/mol. The summed E-state index contributed by atoms with van der Waals surface area (Å²) in [5.74, 6) is 0.962. The Morgan fingerprint density at radius 2 is 2.10 bits per heavy atom. The lowest BCUT2D eigenvalue weighted by atomic mass is 10.1. The van der Waals surface area contributed by atoms with E-state index in [4.69, 9.17) is 4.42 Å². The summed E-state index contributed by atoms with van der Waals surface area (Å²) in [6, 6.07) is 10.9. The van der Waals surface area contributed by atoms with E-state index in [1.54, 1.807) is 18.4 Å². The zero-order valence-corrected chi connectivity index (χ0v) is 11.4. The van der Waals surface area contributed by atoms with E-state index in [2.05, 4.69) is 12.2 Å². The maximum atomic E-state index is 10.9. The van der Waals surface area contributed by atoms with E-state index >= 15 is 0 Å². The first-order valence-electron chi connectivity index (χ1n) is 6.65. The van der Waals surface area contributed by atoms with Crippen LogP contribution in [0.2, 0.25) is 0 Å². The second-order valence-corrected chi connectivity index (χ2v) is 4.79. The number of nitro benzene ring substituents is 1. The summed E-state index contributed by atoms with van der Waals surface area (Å²) in [7, 11) is 0. The normalized spacial score (nSPS) is 12.2. The van der Waals surface area contributed by atoms with Crippen molar-refractivity contribution in [3.8, 4) is 0 Å². The van der Waals surface area contributed by atoms with Crippen LogP contribution in [0.5, 0.6) is 0 Å². The second-order valence-electron chi connectivity index (χ2n) is 4.79. The molecule has 5 nitrogen and oxygen atoms in total. The van der Waals surface area contributed by atoms with Crippen LogP contribution in [0.25, 0.3) is 0 Å². The van der Waals surface area contributed by atoms with Gasteiger partial charge in [0, 0.05) is 30.6 Å². The highest BCUT2D eigenvalue weighted by Gasteiger charge is 2.12. The van der Waals surface area contributed by atoms with Crippen molar-refractivity contribution in [2.24, 2.45) is 0 Å². The van der Waals surface area contributed by atoms with Gasteiger partial charge < -0.3 is 9.73 Å². The average molecular weight is 274 g/mol. The van der Waals surface area contributed by atoms with Crippen molar-refractivity contribution in [1.82, 2.24) is 5.32 Å². The summed E-state index contributed by atoms with van der Waals surface area (Å²) >= 11 is 0. The zero-order chi connectivity index (χ0) is 14.4. The van der Waals surface area contributed by atoms with Crippen LogP contribution in [0.15, 0.2) is 47.1 Å². The minimum Gasteiger partial charge on any atom is -0.469 e. The molecule has 0 amide bonds. The summed E-state index contributed by atoms with van der Waals surface area (Å²) < 4.78 is 5.28. The zero-order valence-electron chi connectivity index (χ0n) is 11.4. The van der Waals surface area contributed by atoms with Gasteiger partial charge in [0.05, 0.1) is 11.2 Å². The van der Waals surface area contributed by atoms with Crippen LogP contribution in [-0.2, 0) is 13.0 Å². The Labute approximate surface area is 117 Å². The molecule has 0 aliphatic heterocycles. The largest absolute Gasteiger partial charge is 0.469 e. The lowest BCUT2D eigenvalue weighted by Crippen LogP contribution is -2.26. The predicted molar refractivity (Wildman–Crippen MR) is 76.4 cm³/mol. The van der Waals surface area contributed by atoms with Crippen molar-refractivity contribution in [3.63, 3.8) is 0 Å². The molecule has 1 N–H and O–H groups in total. The molecule has 1 aromatic carbocycles. The summed E-state index contributed by atoms with van der Waals surface area (Å²) in [4.78, 5) is 10.6. The summed E-state index contributed by atoms with van der Waals surface area (Å²) in [5, 5.41) is 14.2. The number of nitro groups is 1. The first kappa shape index (κ1) is 14.3. The number of furan rings is 1. The number of hydrogen-bond acceptors (Lipinski definition) is 4. The van der Waals surface area contributed by atoms with Gasteiger partial charge in [0.15, 0.2) is 0 Å². The van der Waals surface area contributed by atoms with E-state index in [1.165, 1.54) is 6.07 Å². The molecule has 0 aliphatic rings. The molecule has 0 spiro atoms. The number of nitrogens with zero attached hydrogens (tertiary/aromatic N) is 1. The van der Waals surface area contributed by atoms with Crippen molar-refractivity contribution in [2.75, 3.05) is 0 Å². The highest BCUT2D eigenvalue weighted by atomic mass is 16.6. The van der Waals surface area contributed by atoms with Crippen LogP contribution in [0.4, 0.5) is 5.69 Å². The molecule has 20 heavy (non-hydrogen) atoms. The fourth-order valence-corrected chi connectivity index (χ4v) is 2.04. The number of para-hydroxylation sites is 1. The van der Waals surface area contributed by atoms with Crippen LogP contribution in [-0.4, -0.2) is 11.0 Å². The summed E-state index contributed by atoms with van der Waals surface area (Å²) in [6.07, 6.45) is 3.45. The molecule has 0 radical (unpaired) electrons. The number of rotatable bonds is 7. The fraction of sp³-hybridized carbons (Fsp3) is 0.333. The van der Waals surface area contributed by atoms with E-state index in [9.17, 15) is 10.1 Å². The third-order valence-corrected chi connectivity index (χ3v) is 3.23. The SMILES string of the molecule is CC(CCc1ccco1)NCc1ccccc1[N+](=O)[O-]. The Morgan fingerprint density at radius 1 is 1.30 bits per heavy atom. The van der Waals surface area contributed by atoms with E-state index in [-0.39, 0.29) is 16.7 Å². The van der Waals surface area contributed by atoms with Gasteiger partial charge in [-0.15, -0.1) is 0 Å². The van der Waals surface area contributed by atoms with Crippen LogP contribution >= 0.6 is 0 Å². The van der Waals surface area contributed by atoms with Gasteiger partial charge in [-0.1, -0.05) is 18.2 Å². The summed E-state index contributed by atoms with van der Waals surface area (Å²) in [6.45, 7) is 2.56. The first-order chi connectivity index (χ1) is 9.66. The highest BCUT2D eigenvalue weighted by Crippen LogP contribution is 2.17. The molecule has 0 fully saturated rings. The molecule has 0 aliphatic carbocycles. The minimum atomic E-state index is -0.343. The third kappa shape index (κ3) is 3.93. The lowest BCUT2D eigenvalue weighted by Gasteiger charge is -2.13. The van der Waals surface area contributed by atoms with E-state index in [0.717, 1.165) is 18.6 Å². The lowest BCUT2D eigenvalue weighted by molar-refractivity contribution is -0.385. The quantitative estimate of drug-likeness (QED) is 0.621. The Kier molecular flexibility index (Phi) is 4.90. The number of nitrogens with one attached hydrogen (secondary N) is 1. The maximum Gasteiger partial charge on any atom is 0.273 e. The Balaban J connectivity index is 1.84. The molecular formula is C15H18N2O3. The second kappa shape index (κ2) is 6.86. The molecule has 0 saturated heterocycles. The summed E-state index contributed by atoms with van der Waals surface area (Å²) in [5.41, 5.74) is 0.876. The maximum absolute atomic E-state index is 10.9. The Bertz CT molecular complexity index is 552. The topological polar surface area (TPSA) is 68.3 Å². The van der Waals surface area contributed by atoms with E-state index < -0.39 is 0 Å². The molecule has 106 valence electrons. The molecule has 2 aromatic rings. The predicted octanol–water partition coefficient (Wildman–Crippen LogP) is 3.30. The number of hydrogen-bond donors (Lipinski definition) is 1. The first-order valence-corrected chi connectivity index (χ1v) is 6.65. The molecule has 1 unspecified atom stereocenters. The van der Waals surface area contributed by atoms with Crippen LogP contribution in [0.1, 0.15) is 24.7 Å². The highest BCUT2D eigenvalue weighted by molar-refractivity contribution is 5.39. The smallest absolute Gasteiger partial charge is 0.273 e. The number of aryl methyl sites for hydroxylation is 1. The average Bonchev–Trinajstić information content (AvgIpc) is 2.96.